The number of carbonyl (C=O) groups is 2. The van der Waals surface area contributed by atoms with E-state index < -0.39 is 53.3 Å². The first-order valence-electron chi connectivity index (χ1n) is 27.9. The number of halogens is 6. The quantitative estimate of drug-likeness (QED) is 0.0911. The SMILES string of the molecule is CC(C)(C)c1ccc(C(c2ccc(C(C)(C)C)cc2)C2C[C@@H](OC(=O)Nc3ccc(C(c4ccc(NC(=O)O[C@H]5CNC(C(c6ccc(C(C)(C)C)cc6)c6ccc(C(C)(C)C)cc6)C5)cc4)(C(F)(F)F)C(F)(F)F)cc3)CN2)cc1. The zero-order valence-corrected chi connectivity index (χ0v) is 48.5. The maximum absolute atomic E-state index is 15.3. The Labute approximate surface area is 474 Å². The van der Waals surface area contributed by atoms with Crippen molar-refractivity contribution >= 4 is 23.6 Å². The summed E-state index contributed by atoms with van der Waals surface area (Å²) < 4.78 is 103. The molecule has 8 rings (SSSR count). The maximum atomic E-state index is 15.3. The van der Waals surface area contributed by atoms with Gasteiger partial charge in [-0.3, -0.25) is 10.6 Å². The third kappa shape index (κ3) is 13.7. The van der Waals surface area contributed by atoms with Gasteiger partial charge in [0.2, 0.25) is 5.41 Å². The van der Waals surface area contributed by atoms with Gasteiger partial charge in [-0.2, -0.15) is 26.3 Å². The highest BCUT2D eigenvalue weighted by atomic mass is 19.4. The minimum absolute atomic E-state index is 0.0431. The number of alkyl halides is 6. The van der Waals surface area contributed by atoms with Crippen molar-refractivity contribution in [2.75, 3.05) is 23.7 Å². The summed E-state index contributed by atoms with van der Waals surface area (Å²) in [6.45, 7) is 26.5. The highest BCUT2D eigenvalue weighted by Gasteiger charge is 2.72. The monoisotopic (exact) mass is 1120 g/mol. The van der Waals surface area contributed by atoms with Crippen molar-refractivity contribution in [2.45, 2.75) is 171 Å². The molecule has 8 nitrogen and oxygen atoms in total. The first-order chi connectivity index (χ1) is 37.7. The van der Waals surface area contributed by atoms with Gasteiger partial charge in [0.15, 0.2) is 0 Å². The van der Waals surface area contributed by atoms with Gasteiger partial charge >= 0.3 is 24.5 Å². The second kappa shape index (κ2) is 23.0. The van der Waals surface area contributed by atoms with Crippen LogP contribution >= 0.6 is 0 Å². The molecule has 4 atom stereocenters. The highest BCUT2D eigenvalue weighted by Crippen LogP contribution is 2.56. The normalized spacial score (nSPS) is 18.5. The van der Waals surface area contributed by atoms with Crippen molar-refractivity contribution in [3.05, 3.63) is 201 Å². The van der Waals surface area contributed by atoms with Crippen molar-refractivity contribution < 1.29 is 45.4 Å². The smallest absolute Gasteiger partial charge is 0.411 e. The van der Waals surface area contributed by atoms with E-state index >= 15 is 26.3 Å². The van der Waals surface area contributed by atoms with Gasteiger partial charge < -0.3 is 20.1 Å². The van der Waals surface area contributed by atoms with Crippen LogP contribution in [0, 0.1) is 0 Å². The molecule has 6 aromatic rings. The van der Waals surface area contributed by atoms with Gasteiger partial charge in [0.05, 0.1) is 0 Å². The Morgan fingerprint density at radius 3 is 0.852 bits per heavy atom. The van der Waals surface area contributed by atoms with Crippen molar-refractivity contribution in [3.8, 4) is 0 Å². The lowest BCUT2D eigenvalue weighted by molar-refractivity contribution is -0.288. The molecule has 2 fully saturated rings. The topological polar surface area (TPSA) is 101 Å². The predicted octanol–water partition coefficient (Wildman–Crippen LogP) is 16.5. The third-order valence-electron chi connectivity index (χ3n) is 16.1. The number of hydrogen-bond acceptors (Lipinski definition) is 6. The Balaban J connectivity index is 0.925. The van der Waals surface area contributed by atoms with Gasteiger partial charge in [-0.25, -0.2) is 9.59 Å². The first-order valence-corrected chi connectivity index (χ1v) is 27.9. The molecule has 0 aliphatic carbocycles. The second-order valence-electron chi connectivity index (χ2n) is 26.1. The summed E-state index contributed by atoms with van der Waals surface area (Å²) >= 11 is 0. The van der Waals surface area contributed by atoms with Crippen LogP contribution in [0.4, 0.5) is 47.3 Å². The standard InChI is InChI=1S/C67H78F6N4O4/c1-61(2,3)45-21-13-41(14-22-45)57(42-15-23-46(24-16-42)62(4,5)6)55-37-53(39-74-55)80-59(78)76-51-33-29-49(30-34-51)65(66(68,69)70,67(71,72)73)50-31-35-52(36-32-50)77-60(79)81-54-38-56(75-40-54)58(43-17-25-47(26-18-43)63(7,8)9)44-19-27-48(28-20-44)64(10,11)12/h13-36,53-58,74-75H,37-40H2,1-12H3,(H,76,78)(H,77,79)/t53-,54-,55?,56?/m1/s1. The third-order valence-corrected chi connectivity index (χ3v) is 16.1. The molecule has 0 bridgehead atoms. The Morgan fingerprint density at radius 2 is 0.630 bits per heavy atom. The van der Waals surface area contributed by atoms with E-state index in [1.165, 1.54) is 22.3 Å². The summed E-state index contributed by atoms with van der Waals surface area (Å²) in [6.07, 6.45) is -13.9. The van der Waals surface area contributed by atoms with Gasteiger partial charge in [0, 0.05) is 61.2 Å². The fraction of sp³-hybridized carbons (Fsp3) is 0.433. The molecule has 0 spiro atoms. The lowest BCUT2D eigenvalue weighted by atomic mass is 9.73. The molecule has 2 aliphatic heterocycles. The molecule has 6 aromatic carbocycles. The molecular formula is C67H78F6N4O4. The number of amides is 2. The Kier molecular flexibility index (Phi) is 17.1. The molecule has 2 amide bonds. The summed E-state index contributed by atoms with van der Waals surface area (Å²) in [5, 5.41) is 12.0. The van der Waals surface area contributed by atoms with E-state index in [0.29, 0.717) is 50.2 Å². The molecule has 2 unspecified atom stereocenters. The molecule has 0 radical (unpaired) electrons. The van der Waals surface area contributed by atoms with E-state index in [4.69, 9.17) is 9.47 Å². The van der Waals surface area contributed by atoms with E-state index in [1.807, 2.05) is 0 Å². The number of benzene rings is 6. The van der Waals surface area contributed by atoms with Crippen molar-refractivity contribution in [3.63, 3.8) is 0 Å². The Hall–Kier alpha value is -6.64. The summed E-state index contributed by atoms with van der Waals surface area (Å²) in [5.41, 5.74) is 2.07. The lowest BCUT2D eigenvalue weighted by Gasteiger charge is -2.38. The van der Waals surface area contributed by atoms with Crippen LogP contribution < -0.4 is 21.3 Å². The zero-order chi connectivity index (χ0) is 59.1. The predicted molar refractivity (Wildman–Crippen MR) is 311 cm³/mol. The fourth-order valence-corrected chi connectivity index (χ4v) is 11.4. The number of hydrogen-bond donors (Lipinski definition) is 4. The Morgan fingerprint density at radius 1 is 0.395 bits per heavy atom. The molecule has 432 valence electrons. The van der Waals surface area contributed by atoms with Gasteiger partial charge in [0.1, 0.15) is 12.2 Å². The number of nitrogens with one attached hydrogen (secondary N) is 4. The fourth-order valence-electron chi connectivity index (χ4n) is 11.4. The van der Waals surface area contributed by atoms with E-state index in [9.17, 15) is 9.59 Å². The summed E-state index contributed by atoms with van der Waals surface area (Å²) in [7, 11) is 0. The molecular weight excluding hydrogens is 1040 g/mol. The van der Waals surface area contributed by atoms with Crippen LogP contribution in [-0.2, 0) is 36.5 Å². The van der Waals surface area contributed by atoms with Crippen molar-refractivity contribution in [1.29, 1.82) is 0 Å². The minimum atomic E-state index is -5.88. The van der Waals surface area contributed by atoms with Crippen LogP contribution in [0.1, 0.15) is 163 Å². The molecule has 14 heteroatoms. The number of carbonyl (C=O) groups excluding carboxylic acids is 2. The number of rotatable bonds is 12. The van der Waals surface area contributed by atoms with Gasteiger partial charge in [-0.15, -0.1) is 0 Å². The van der Waals surface area contributed by atoms with Gasteiger partial charge in [-0.05, 0) is 102 Å². The second-order valence-corrected chi connectivity index (χ2v) is 26.1. The Bertz CT molecular complexity index is 2770. The van der Waals surface area contributed by atoms with Crippen LogP contribution in [0.5, 0.6) is 0 Å². The molecule has 0 aromatic heterocycles. The van der Waals surface area contributed by atoms with Crippen LogP contribution in [0.15, 0.2) is 146 Å². The molecule has 2 saturated heterocycles. The average molecular weight is 1120 g/mol. The van der Waals surface area contributed by atoms with Crippen LogP contribution in [-0.4, -0.2) is 61.9 Å². The molecule has 2 aliphatic rings. The lowest BCUT2D eigenvalue weighted by Crippen LogP contribution is -2.54. The van der Waals surface area contributed by atoms with Crippen LogP contribution in [0.2, 0.25) is 0 Å². The molecule has 0 saturated carbocycles. The van der Waals surface area contributed by atoms with E-state index in [-0.39, 0.29) is 57.0 Å². The summed E-state index contributed by atoms with van der Waals surface area (Å²) in [5.74, 6) is -0.190. The maximum Gasteiger partial charge on any atom is 0.411 e. The highest BCUT2D eigenvalue weighted by molar-refractivity contribution is 5.85. The largest absolute Gasteiger partial charge is 0.445 e. The van der Waals surface area contributed by atoms with E-state index in [2.05, 4.69) is 201 Å². The van der Waals surface area contributed by atoms with Crippen molar-refractivity contribution in [2.24, 2.45) is 0 Å². The van der Waals surface area contributed by atoms with E-state index in [0.717, 1.165) is 46.5 Å². The number of anilines is 2. The molecule has 4 N–H and O–H groups in total. The summed E-state index contributed by atoms with van der Waals surface area (Å²) in [6, 6.07) is 40.6. The van der Waals surface area contributed by atoms with Gasteiger partial charge in [0.25, 0.3) is 0 Å². The van der Waals surface area contributed by atoms with Gasteiger partial charge in [-0.1, -0.05) is 204 Å². The van der Waals surface area contributed by atoms with Crippen LogP contribution in [0.3, 0.4) is 0 Å². The first kappa shape index (κ1) is 60.5. The average Bonchev–Trinajstić information content (AvgIpc) is 4.20. The zero-order valence-electron chi connectivity index (χ0n) is 48.5. The minimum Gasteiger partial charge on any atom is -0.445 e. The summed E-state index contributed by atoms with van der Waals surface area (Å²) in [4.78, 5) is 26.7. The number of ether oxygens (including phenoxy) is 2. The van der Waals surface area contributed by atoms with Crippen LogP contribution in [0.25, 0.3) is 0 Å². The van der Waals surface area contributed by atoms with Crippen molar-refractivity contribution in [1.82, 2.24) is 10.6 Å². The van der Waals surface area contributed by atoms with E-state index in [1.54, 1.807) is 0 Å². The molecule has 2 heterocycles. The molecule has 81 heavy (non-hydrogen) atoms.